The molecule has 60 heavy (non-hydrogen) atoms. The molecule has 2 aliphatic rings. The van der Waals surface area contributed by atoms with Crippen molar-refractivity contribution in [1.82, 2.24) is 20.4 Å². The first kappa shape index (κ1) is 44.7. The van der Waals surface area contributed by atoms with Crippen LogP contribution in [0.1, 0.15) is 60.1 Å². The molecule has 6 N–H and O–H groups in total. The molecule has 4 aromatic carbocycles. The van der Waals surface area contributed by atoms with Gasteiger partial charge >= 0.3 is 23.9 Å². The van der Waals surface area contributed by atoms with E-state index < -0.39 is 71.9 Å². The second-order valence-corrected chi connectivity index (χ2v) is 15.2. The van der Waals surface area contributed by atoms with Gasteiger partial charge in [-0.1, -0.05) is 109 Å². The standard InChI is InChI=1S/2C23H26N2O5/c2*1-15(24-19(22(27)28)12-11-16-7-3-2-4-8-16)21(26)25-14-18-10-6-5-9-17(18)13-20(25)23(29)30/h2*2-10,15,19-20,24H,11-14H2,1H3,(H,27,28)(H,29,30)/t2*15-,19-,20-/m00/s1. The fraction of sp³-hybridized carbons (Fsp3) is 0.348. The zero-order valence-electron chi connectivity index (χ0n) is 33.6. The molecule has 4 aromatic rings. The minimum atomic E-state index is -1.07. The van der Waals surface area contributed by atoms with E-state index in [1.807, 2.05) is 109 Å². The van der Waals surface area contributed by atoms with Gasteiger partial charge in [-0.25, -0.2) is 9.59 Å². The first-order valence-electron chi connectivity index (χ1n) is 20.0. The number of nitrogens with zero attached hydrogens (tertiary/aromatic N) is 2. The second kappa shape index (κ2) is 21.0. The van der Waals surface area contributed by atoms with Crippen LogP contribution in [0.25, 0.3) is 0 Å². The predicted molar refractivity (Wildman–Crippen MR) is 222 cm³/mol. The summed E-state index contributed by atoms with van der Waals surface area (Å²) in [6, 6.07) is 28.6. The van der Waals surface area contributed by atoms with Crippen LogP contribution in [0.3, 0.4) is 0 Å². The topological polar surface area (TPSA) is 214 Å². The molecule has 0 saturated heterocycles. The smallest absolute Gasteiger partial charge is 0.326 e. The molecule has 0 aliphatic carbocycles. The van der Waals surface area contributed by atoms with Crippen molar-refractivity contribution in [2.24, 2.45) is 0 Å². The molecule has 0 spiro atoms. The highest BCUT2D eigenvalue weighted by molar-refractivity contribution is 5.89. The fourth-order valence-electron chi connectivity index (χ4n) is 7.66. The zero-order chi connectivity index (χ0) is 43.3. The van der Waals surface area contributed by atoms with Gasteiger partial charge in [-0.05, 0) is 72.9 Å². The van der Waals surface area contributed by atoms with Gasteiger partial charge in [0.05, 0.1) is 12.1 Å². The highest BCUT2D eigenvalue weighted by Gasteiger charge is 2.38. The number of aliphatic carboxylic acids is 4. The molecule has 6 atom stereocenters. The van der Waals surface area contributed by atoms with Crippen molar-refractivity contribution in [1.29, 1.82) is 0 Å². The van der Waals surface area contributed by atoms with Gasteiger partial charge in [0, 0.05) is 25.9 Å². The number of fused-ring (bicyclic) bond motifs is 2. The van der Waals surface area contributed by atoms with Gasteiger partial charge in [0.2, 0.25) is 11.8 Å². The maximum Gasteiger partial charge on any atom is 0.326 e. The Morgan fingerprint density at radius 3 is 1.15 bits per heavy atom. The molecule has 0 aromatic heterocycles. The average Bonchev–Trinajstić information content (AvgIpc) is 3.25. The lowest BCUT2D eigenvalue weighted by atomic mass is 9.93. The Hall–Kier alpha value is -6.38. The highest BCUT2D eigenvalue weighted by Crippen LogP contribution is 2.26. The minimum Gasteiger partial charge on any atom is -0.480 e. The Morgan fingerprint density at radius 2 is 0.833 bits per heavy atom. The average molecular weight is 821 g/mol. The summed E-state index contributed by atoms with van der Waals surface area (Å²) in [6.45, 7) is 3.56. The summed E-state index contributed by atoms with van der Waals surface area (Å²) in [7, 11) is 0. The Kier molecular flexibility index (Phi) is 15.7. The summed E-state index contributed by atoms with van der Waals surface area (Å²) in [6.07, 6.45) is 2.23. The van der Waals surface area contributed by atoms with Crippen molar-refractivity contribution in [3.8, 4) is 0 Å². The molecule has 0 fully saturated rings. The van der Waals surface area contributed by atoms with Gasteiger partial charge in [-0.15, -0.1) is 0 Å². The number of benzene rings is 4. The molecule has 2 amide bonds. The lowest BCUT2D eigenvalue weighted by Crippen LogP contribution is -2.56. The van der Waals surface area contributed by atoms with Crippen molar-refractivity contribution >= 4 is 35.7 Å². The second-order valence-electron chi connectivity index (χ2n) is 15.2. The lowest BCUT2D eigenvalue weighted by molar-refractivity contribution is -0.152. The maximum absolute atomic E-state index is 13.1. The molecule has 0 radical (unpaired) electrons. The number of amides is 2. The lowest BCUT2D eigenvalue weighted by Gasteiger charge is -2.36. The third kappa shape index (κ3) is 11.9. The van der Waals surface area contributed by atoms with Crippen molar-refractivity contribution in [3.63, 3.8) is 0 Å². The van der Waals surface area contributed by atoms with E-state index >= 15 is 0 Å². The van der Waals surface area contributed by atoms with Gasteiger partial charge in [-0.3, -0.25) is 29.8 Å². The largest absolute Gasteiger partial charge is 0.480 e. The third-order valence-corrected chi connectivity index (χ3v) is 11.0. The Morgan fingerprint density at radius 1 is 0.517 bits per heavy atom. The molecule has 2 aliphatic heterocycles. The van der Waals surface area contributed by atoms with Gasteiger partial charge < -0.3 is 30.2 Å². The monoisotopic (exact) mass is 820 g/mol. The van der Waals surface area contributed by atoms with E-state index in [9.17, 15) is 49.2 Å². The summed E-state index contributed by atoms with van der Waals surface area (Å²) in [5, 5.41) is 44.2. The van der Waals surface area contributed by atoms with Crippen molar-refractivity contribution < 1.29 is 49.2 Å². The minimum absolute atomic E-state index is 0.194. The number of hydrogen-bond acceptors (Lipinski definition) is 8. The van der Waals surface area contributed by atoms with Gasteiger partial charge in [0.25, 0.3) is 0 Å². The normalized spacial score (nSPS) is 17.6. The van der Waals surface area contributed by atoms with Crippen LogP contribution in [-0.2, 0) is 67.5 Å². The van der Waals surface area contributed by atoms with Crippen LogP contribution in [0.2, 0.25) is 0 Å². The summed E-state index contributed by atoms with van der Waals surface area (Å²) in [4.78, 5) is 75.8. The number of carboxylic acids is 4. The summed E-state index contributed by atoms with van der Waals surface area (Å²) in [5.41, 5.74) is 5.69. The third-order valence-electron chi connectivity index (χ3n) is 11.0. The molecule has 6 rings (SSSR count). The number of rotatable bonds is 16. The van der Waals surface area contributed by atoms with E-state index in [1.54, 1.807) is 13.8 Å². The predicted octanol–water partition coefficient (Wildman–Crippen LogP) is 4.18. The summed E-state index contributed by atoms with van der Waals surface area (Å²) in [5.74, 6) is -5.03. The summed E-state index contributed by atoms with van der Waals surface area (Å²) >= 11 is 0. The van der Waals surface area contributed by atoms with Gasteiger partial charge in [0.1, 0.15) is 24.2 Å². The molecule has 316 valence electrons. The molecule has 14 heteroatoms. The van der Waals surface area contributed by atoms with Crippen LogP contribution in [0, 0.1) is 0 Å². The Labute approximate surface area is 348 Å². The zero-order valence-corrected chi connectivity index (χ0v) is 33.6. The van der Waals surface area contributed by atoms with Crippen molar-refractivity contribution in [3.05, 3.63) is 143 Å². The number of carboxylic acid groups (broad SMARTS) is 4. The van der Waals surface area contributed by atoms with Crippen LogP contribution in [0.4, 0.5) is 0 Å². The van der Waals surface area contributed by atoms with E-state index in [4.69, 9.17) is 0 Å². The molecular formula is C46H52N4O10. The van der Waals surface area contributed by atoms with Crippen LogP contribution in [0.15, 0.2) is 109 Å². The number of nitrogens with one attached hydrogen (secondary N) is 2. The summed E-state index contributed by atoms with van der Waals surface area (Å²) < 4.78 is 0. The molecule has 2 heterocycles. The Bertz CT molecular complexity index is 1980. The molecule has 0 saturated carbocycles. The SMILES string of the molecule is C[C@H](N[C@@H](CCc1ccccc1)C(=O)O)C(=O)N1Cc2ccccc2C[C@H]1C(=O)O.C[C@H](N[C@@H](CCc1ccccc1)C(=O)O)C(=O)N1Cc2ccccc2C[C@H]1C(=O)O. The van der Waals surface area contributed by atoms with Crippen LogP contribution in [-0.4, -0.2) is 102 Å². The Balaban J connectivity index is 0.000000228. The number of aryl methyl sites for hydroxylation is 2. The first-order chi connectivity index (χ1) is 28.7. The van der Waals surface area contributed by atoms with Crippen LogP contribution in [0.5, 0.6) is 0 Å². The highest BCUT2D eigenvalue weighted by atomic mass is 16.4. The van der Waals surface area contributed by atoms with E-state index in [0.29, 0.717) is 25.7 Å². The van der Waals surface area contributed by atoms with Crippen LogP contribution >= 0.6 is 0 Å². The quantitative estimate of drug-likeness (QED) is 0.0940. The fourth-order valence-corrected chi connectivity index (χ4v) is 7.66. The van der Waals surface area contributed by atoms with E-state index in [-0.39, 0.29) is 25.9 Å². The van der Waals surface area contributed by atoms with E-state index in [2.05, 4.69) is 10.6 Å². The first-order valence-corrected chi connectivity index (χ1v) is 20.0. The van der Waals surface area contributed by atoms with E-state index in [1.165, 1.54) is 9.80 Å². The maximum atomic E-state index is 13.1. The van der Waals surface area contributed by atoms with E-state index in [0.717, 1.165) is 33.4 Å². The molecule has 0 unspecified atom stereocenters. The van der Waals surface area contributed by atoms with Crippen molar-refractivity contribution in [2.45, 2.75) is 102 Å². The molecule has 0 bridgehead atoms. The molecular weight excluding hydrogens is 769 g/mol. The number of carbonyl (C=O) groups excluding carboxylic acids is 2. The number of hydrogen-bond donors (Lipinski definition) is 6. The molecule has 14 nitrogen and oxygen atoms in total. The number of carbonyl (C=O) groups is 6. The van der Waals surface area contributed by atoms with Crippen LogP contribution < -0.4 is 10.6 Å². The van der Waals surface area contributed by atoms with Gasteiger partial charge in [0.15, 0.2) is 0 Å². The van der Waals surface area contributed by atoms with Gasteiger partial charge in [-0.2, -0.15) is 0 Å². The van der Waals surface area contributed by atoms with Crippen molar-refractivity contribution in [2.75, 3.05) is 0 Å².